The number of guanidine groups is 1. The fourth-order valence-corrected chi connectivity index (χ4v) is 2.51. The molecule has 0 saturated carbocycles. The Balaban J connectivity index is 1.61. The zero-order valence-corrected chi connectivity index (χ0v) is 12.2. The minimum absolute atomic E-state index is 0.211. The Morgan fingerprint density at radius 3 is 2.78 bits per heavy atom. The lowest BCUT2D eigenvalue weighted by Crippen LogP contribution is -2.29. The van der Waals surface area contributed by atoms with E-state index in [9.17, 15) is 4.79 Å². The largest absolute Gasteiger partial charge is 0.361 e. The smallest absolute Gasteiger partial charge is 0.276 e. The maximum atomic E-state index is 12.1. The first-order valence-electron chi connectivity index (χ1n) is 7.29. The van der Waals surface area contributed by atoms with Crippen molar-refractivity contribution in [2.75, 3.05) is 5.32 Å². The fourth-order valence-electron chi connectivity index (χ4n) is 2.51. The van der Waals surface area contributed by atoms with Crippen molar-refractivity contribution in [1.29, 1.82) is 0 Å². The highest BCUT2D eigenvalue weighted by Crippen LogP contribution is 2.18. The van der Waals surface area contributed by atoms with Gasteiger partial charge in [-0.3, -0.25) is 10.1 Å². The van der Waals surface area contributed by atoms with Gasteiger partial charge in [0.05, 0.1) is 0 Å². The summed E-state index contributed by atoms with van der Waals surface area (Å²) in [7, 11) is 0. The summed E-state index contributed by atoms with van der Waals surface area (Å²) in [5, 5.41) is 6.92. The lowest BCUT2D eigenvalue weighted by molar-refractivity contribution is -0.115. The van der Waals surface area contributed by atoms with Gasteiger partial charge >= 0.3 is 0 Å². The van der Waals surface area contributed by atoms with Crippen LogP contribution in [0.25, 0.3) is 17.0 Å². The van der Waals surface area contributed by atoms with Crippen LogP contribution in [-0.2, 0) is 4.79 Å². The molecule has 1 aromatic heterocycles. The van der Waals surface area contributed by atoms with Crippen LogP contribution in [0.1, 0.15) is 5.56 Å². The Hall–Kier alpha value is -3.34. The number of carbonyl (C=O) groups is 1. The van der Waals surface area contributed by atoms with Crippen molar-refractivity contribution in [1.82, 2.24) is 10.3 Å². The van der Waals surface area contributed by atoms with Crippen molar-refractivity contribution in [3.05, 3.63) is 72.1 Å². The molecule has 5 nitrogen and oxygen atoms in total. The number of carbonyl (C=O) groups excluding carboxylic acids is 1. The van der Waals surface area contributed by atoms with Crippen molar-refractivity contribution in [2.45, 2.75) is 0 Å². The van der Waals surface area contributed by atoms with Gasteiger partial charge in [0, 0.05) is 17.4 Å². The normalized spacial score (nSPS) is 15.7. The molecule has 4 rings (SSSR count). The molecule has 1 aliphatic heterocycles. The average Bonchev–Trinajstić information content (AvgIpc) is 3.15. The van der Waals surface area contributed by atoms with Crippen LogP contribution >= 0.6 is 0 Å². The number of amides is 1. The highest BCUT2D eigenvalue weighted by molar-refractivity contribution is 6.17. The van der Waals surface area contributed by atoms with E-state index in [0.717, 1.165) is 22.2 Å². The Morgan fingerprint density at radius 2 is 1.91 bits per heavy atom. The summed E-state index contributed by atoms with van der Waals surface area (Å²) in [5.41, 5.74) is 3.27. The van der Waals surface area contributed by atoms with E-state index < -0.39 is 0 Å². The number of aromatic nitrogens is 1. The van der Waals surface area contributed by atoms with E-state index in [1.807, 2.05) is 60.8 Å². The van der Waals surface area contributed by atoms with Gasteiger partial charge < -0.3 is 10.3 Å². The highest BCUT2D eigenvalue weighted by atomic mass is 16.2. The molecule has 0 atom stereocenters. The fraction of sp³-hybridized carbons (Fsp3) is 0. The van der Waals surface area contributed by atoms with E-state index in [-0.39, 0.29) is 5.91 Å². The maximum absolute atomic E-state index is 12.1. The number of benzene rings is 2. The summed E-state index contributed by atoms with van der Waals surface area (Å²) >= 11 is 0. The predicted octanol–water partition coefficient (Wildman–Crippen LogP) is 3.11. The molecule has 0 unspecified atom stereocenters. The summed E-state index contributed by atoms with van der Waals surface area (Å²) in [4.78, 5) is 19.5. The third kappa shape index (κ3) is 2.72. The molecule has 1 amide bonds. The number of aromatic amines is 1. The zero-order chi connectivity index (χ0) is 15.6. The van der Waals surface area contributed by atoms with Crippen LogP contribution in [0.5, 0.6) is 0 Å². The van der Waals surface area contributed by atoms with Gasteiger partial charge in [-0.25, -0.2) is 4.99 Å². The van der Waals surface area contributed by atoms with E-state index in [4.69, 9.17) is 0 Å². The zero-order valence-electron chi connectivity index (χ0n) is 12.2. The number of nitrogens with zero attached hydrogens (tertiary/aromatic N) is 1. The molecule has 0 saturated heterocycles. The topological polar surface area (TPSA) is 69.3 Å². The lowest BCUT2D eigenvalue weighted by Gasteiger charge is -2.03. The number of H-pyrrole nitrogens is 1. The third-order valence-corrected chi connectivity index (χ3v) is 3.61. The van der Waals surface area contributed by atoms with Gasteiger partial charge in [-0.05, 0) is 47.4 Å². The monoisotopic (exact) mass is 302 g/mol. The third-order valence-electron chi connectivity index (χ3n) is 3.61. The Labute approximate surface area is 132 Å². The second-order valence-corrected chi connectivity index (χ2v) is 5.26. The molecule has 0 radical (unpaired) electrons. The van der Waals surface area contributed by atoms with Gasteiger partial charge in [-0.2, -0.15) is 0 Å². The van der Waals surface area contributed by atoms with Crippen molar-refractivity contribution in [2.24, 2.45) is 4.99 Å². The molecule has 0 aliphatic carbocycles. The summed E-state index contributed by atoms with van der Waals surface area (Å²) in [6, 6.07) is 17.6. The van der Waals surface area contributed by atoms with Gasteiger partial charge in [0.15, 0.2) is 0 Å². The molecule has 1 aliphatic rings. The van der Waals surface area contributed by atoms with Crippen molar-refractivity contribution < 1.29 is 4.79 Å². The first-order valence-corrected chi connectivity index (χ1v) is 7.29. The number of hydrogen-bond acceptors (Lipinski definition) is 3. The minimum Gasteiger partial charge on any atom is -0.361 e. The number of para-hydroxylation sites is 1. The van der Waals surface area contributed by atoms with Gasteiger partial charge in [0.25, 0.3) is 5.91 Å². The first-order chi connectivity index (χ1) is 11.3. The lowest BCUT2D eigenvalue weighted by atomic mass is 10.1. The second kappa shape index (κ2) is 5.46. The van der Waals surface area contributed by atoms with Crippen LogP contribution in [0.3, 0.4) is 0 Å². The SMILES string of the molecule is O=C1NC(Nc2ccccc2)=NC1=Cc1ccc2[nH]ccc2c1. The molecule has 2 heterocycles. The number of anilines is 1. The molecular formula is C18H14N4O. The van der Waals surface area contributed by atoms with Gasteiger partial charge in [0.2, 0.25) is 5.96 Å². The Bertz CT molecular complexity index is 938. The predicted molar refractivity (Wildman–Crippen MR) is 91.9 cm³/mol. The molecule has 0 bridgehead atoms. The molecule has 0 spiro atoms. The number of hydrogen-bond donors (Lipinski definition) is 3. The number of aliphatic imine (C=N–C) groups is 1. The van der Waals surface area contributed by atoms with Crippen LogP contribution in [0.4, 0.5) is 5.69 Å². The van der Waals surface area contributed by atoms with Crippen molar-refractivity contribution >= 4 is 34.5 Å². The highest BCUT2D eigenvalue weighted by Gasteiger charge is 2.19. The average molecular weight is 302 g/mol. The van der Waals surface area contributed by atoms with Gasteiger partial charge in [0.1, 0.15) is 5.70 Å². The molecule has 112 valence electrons. The van der Waals surface area contributed by atoms with Crippen LogP contribution < -0.4 is 10.6 Å². The number of nitrogens with one attached hydrogen (secondary N) is 3. The van der Waals surface area contributed by atoms with E-state index in [0.29, 0.717) is 11.7 Å². The maximum Gasteiger partial charge on any atom is 0.276 e. The van der Waals surface area contributed by atoms with Gasteiger partial charge in [-0.1, -0.05) is 24.3 Å². The van der Waals surface area contributed by atoms with E-state index in [1.165, 1.54) is 0 Å². The van der Waals surface area contributed by atoms with E-state index >= 15 is 0 Å². The van der Waals surface area contributed by atoms with Crippen molar-refractivity contribution in [3.63, 3.8) is 0 Å². The van der Waals surface area contributed by atoms with E-state index in [1.54, 1.807) is 6.08 Å². The number of fused-ring (bicyclic) bond motifs is 1. The van der Waals surface area contributed by atoms with Crippen LogP contribution in [0, 0.1) is 0 Å². The molecule has 5 heteroatoms. The number of rotatable bonds is 2. The molecular weight excluding hydrogens is 288 g/mol. The van der Waals surface area contributed by atoms with Crippen LogP contribution in [0.15, 0.2) is 71.5 Å². The molecule has 2 aromatic carbocycles. The quantitative estimate of drug-likeness (QED) is 0.637. The first kappa shape index (κ1) is 13.3. The van der Waals surface area contributed by atoms with Crippen LogP contribution in [-0.4, -0.2) is 16.9 Å². The minimum atomic E-state index is -0.211. The molecule has 23 heavy (non-hydrogen) atoms. The van der Waals surface area contributed by atoms with Crippen LogP contribution in [0.2, 0.25) is 0 Å². The summed E-state index contributed by atoms with van der Waals surface area (Å²) in [6.07, 6.45) is 3.67. The molecule has 3 aromatic rings. The Morgan fingerprint density at radius 1 is 1.04 bits per heavy atom. The summed E-state index contributed by atoms with van der Waals surface area (Å²) < 4.78 is 0. The van der Waals surface area contributed by atoms with E-state index in [2.05, 4.69) is 20.6 Å². The molecule has 3 N–H and O–H groups in total. The second-order valence-electron chi connectivity index (χ2n) is 5.26. The summed E-state index contributed by atoms with van der Waals surface area (Å²) in [5.74, 6) is 0.229. The standard InChI is InChI=1S/C18H14N4O/c23-17-16(11-12-6-7-15-13(10-12)8-9-19-15)21-18(22-17)20-14-4-2-1-3-5-14/h1-11,19H,(H2,20,21,22,23). The van der Waals surface area contributed by atoms with Crippen molar-refractivity contribution in [3.8, 4) is 0 Å². The Kier molecular flexibility index (Phi) is 3.16. The molecule has 0 fully saturated rings. The summed E-state index contributed by atoms with van der Waals surface area (Å²) in [6.45, 7) is 0. The van der Waals surface area contributed by atoms with Gasteiger partial charge in [-0.15, -0.1) is 0 Å².